The summed E-state index contributed by atoms with van der Waals surface area (Å²) in [5, 5.41) is 1.89. The lowest BCUT2D eigenvalue weighted by atomic mass is 10.00. The van der Waals surface area contributed by atoms with Crippen LogP contribution in [-0.4, -0.2) is 18.4 Å². The molecule has 3 heterocycles. The van der Waals surface area contributed by atoms with E-state index in [1.807, 2.05) is 40.6 Å². The van der Waals surface area contributed by atoms with Crippen molar-refractivity contribution < 1.29 is 14.0 Å². The molecule has 0 atom stereocenters. The molecule has 0 bridgehead atoms. The maximum atomic E-state index is 13.5. The third kappa shape index (κ3) is 2.87. The second kappa shape index (κ2) is 6.97. The van der Waals surface area contributed by atoms with Crippen molar-refractivity contribution in [3.8, 4) is 0 Å². The first-order valence-electron chi connectivity index (χ1n) is 9.43. The zero-order valence-corrected chi connectivity index (χ0v) is 16.3. The average Bonchev–Trinajstić information content (AvgIpc) is 3.35. The van der Waals surface area contributed by atoms with Crippen LogP contribution in [0, 0.1) is 5.82 Å². The Bertz CT molecular complexity index is 1140. The van der Waals surface area contributed by atoms with Crippen LogP contribution in [-0.2, 0) is 16.0 Å². The van der Waals surface area contributed by atoms with Gasteiger partial charge in [-0.3, -0.25) is 9.59 Å². The lowest BCUT2D eigenvalue weighted by molar-refractivity contribution is -0.120. The van der Waals surface area contributed by atoms with E-state index in [-0.39, 0.29) is 11.8 Å². The van der Waals surface area contributed by atoms with E-state index in [0.29, 0.717) is 23.5 Å². The lowest BCUT2D eigenvalue weighted by Gasteiger charge is -2.32. The number of nitrogens with zero attached hydrogens (tertiary/aromatic N) is 2. The van der Waals surface area contributed by atoms with Crippen molar-refractivity contribution in [1.29, 1.82) is 0 Å². The molecule has 1 aromatic heterocycles. The number of carbonyl (C=O) groups excluding carboxylic acids is 2. The van der Waals surface area contributed by atoms with Gasteiger partial charge in [0.05, 0.1) is 11.3 Å². The van der Waals surface area contributed by atoms with Gasteiger partial charge in [0, 0.05) is 17.1 Å². The smallest absolute Gasteiger partial charge is 0.282 e. The van der Waals surface area contributed by atoms with E-state index in [0.717, 1.165) is 33.9 Å². The van der Waals surface area contributed by atoms with Gasteiger partial charge in [0.2, 0.25) is 0 Å². The van der Waals surface area contributed by atoms with E-state index >= 15 is 0 Å². The van der Waals surface area contributed by atoms with Crippen molar-refractivity contribution in [2.45, 2.75) is 12.8 Å². The standard InChI is InChI=1S/C23H17FN2O2S/c24-16-9-11-17(12-10-16)26-22(27)20(19-8-4-14-29-19)21(23(26)28)25-13-3-6-15-5-1-2-7-18(15)25/h1-2,4-5,7-12,14H,3,6,13H2. The molecule has 0 N–H and O–H groups in total. The zero-order valence-electron chi connectivity index (χ0n) is 15.5. The lowest BCUT2D eigenvalue weighted by Crippen LogP contribution is -2.37. The number of anilines is 2. The van der Waals surface area contributed by atoms with Gasteiger partial charge in [-0.15, -0.1) is 11.3 Å². The normalized spacial score (nSPS) is 16.6. The van der Waals surface area contributed by atoms with Crippen LogP contribution in [0.3, 0.4) is 0 Å². The highest BCUT2D eigenvalue weighted by atomic mass is 32.1. The second-order valence-corrected chi connectivity index (χ2v) is 7.95. The molecule has 0 radical (unpaired) electrons. The van der Waals surface area contributed by atoms with Gasteiger partial charge in [0.25, 0.3) is 11.8 Å². The molecule has 2 aromatic carbocycles. The number of halogens is 1. The summed E-state index contributed by atoms with van der Waals surface area (Å²) in [5.74, 6) is -1.16. The number of benzene rings is 2. The summed E-state index contributed by atoms with van der Waals surface area (Å²) in [4.78, 5) is 30.8. The minimum Gasteiger partial charge on any atom is -0.336 e. The van der Waals surface area contributed by atoms with Gasteiger partial charge in [-0.25, -0.2) is 9.29 Å². The Labute approximate surface area is 171 Å². The molecule has 2 amide bonds. The number of hydrogen-bond donors (Lipinski definition) is 0. The fourth-order valence-electron chi connectivity index (χ4n) is 4.00. The van der Waals surface area contributed by atoms with E-state index < -0.39 is 5.82 Å². The van der Waals surface area contributed by atoms with E-state index in [1.54, 1.807) is 0 Å². The van der Waals surface area contributed by atoms with Crippen LogP contribution in [0.1, 0.15) is 16.9 Å². The predicted octanol–water partition coefficient (Wildman–Crippen LogP) is 4.62. The number of carbonyl (C=O) groups is 2. The first-order valence-corrected chi connectivity index (χ1v) is 10.3. The highest BCUT2D eigenvalue weighted by Gasteiger charge is 2.43. The fourth-order valence-corrected chi connectivity index (χ4v) is 4.76. The molecule has 2 aliphatic rings. The maximum Gasteiger partial charge on any atom is 0.282 e. The Morgan fingerprint density at radius 3 is 2.45 bits per heavy atom. The Morgan fingerprint density at radius 2 is 1.69 bits per heavy atom. The maximum absolute atomic E-state index is 13.5. The number of para-hydroxylation sites is 1. The molecule has 6 heteroatoms. The Kier molecular flexibility index (Phi) is 4.28. The van der Waals surface area contributed by atoms with Crippen LogP contribution < -0.4 is 9.80 Å². The molecular weight excluding hydrogens is 387 g/mol. The SMILES string of the molecule is O=C1C(c2cccs2)=C(N2CCCc3ccccc32)C(=O)N1c1ccc(F)cc1. The van der Waals surface area contributed by atoms with Crippen LogP contribution in [0.5, 0.6) is 0 Å². The molecule has 0 saturated heterocycles. The highest BCUT2D eigenvalue weighted by molar-refractivity contribution is 7.11. The number of rotatable bonds is 3. The molecule has 0 aliphatic carbocycles. The molecule has 0 saturated carbocycles. The third-order valence-corrected chi connectivity index (χ3v) is 6.18. The van der Waals surface area contributed by atoms with Crippen molar-refractivity contribution in [3.05, 3.63) is 88.0 Å². The number of hydrogen-bond acceptors (Lipinski definition) is 4. The summed E-state index contributed by atoms with van der Waals surface area (Å²) in [6, 6.07) is 17.2. The van der Waals surface area contributed by atoms with Gasteiger partial charge in [-0.05, 0) is 60.2 Å². The third-order valence-electron chi connectivity index (χ3n) is 5.29. The molecule has 5 rings (SSSR count). The van der Waals surface area contributed by atoms with Crippen molar-refractivity contribution in [2.24, 2.45) is 0 Å². The first kappa shape index (κ1) is 17.8. The van der Waals surface area contributed by atoms with E-state index in [9.17, 15) is 14.0 Å². The molecule has 29 heavy (non-hydrogen) atoms. The summed E-state index contributed by atoms with van der Waals surface area (Å²) in [5.41, 5.74) is 3.30. The second-order valence-electron chi connectivity index (χ2n) is 7.01. The quantitative estimate of drug-likeness (QED) is 0.598. The minimum absolute atomic E-state index is 0.371. The molecule has 144 valence electrons. The topological polar surface area (TPSA) is 40.6 Å². The molecule has 2 aliphatic heterocycles. The number of amides is 2. The van der Waals surface area contributed by atoms with Crippen LogP contribution in [0.2, 0.25) is 0 Å². The monoisotopic (exact) mass is 404 g/mol. The van der Waals surface area contributed by atoms with Crippen LogP contribution in [0.4, 0.5) is 15.8 Å². The van der Waals surface area contributed by atoms with Gasteiger partial charge in [0.15, 0.2) is 0 Å². The van der Waals surface area contributed by atoms with E-state index in [4.69, 9.17) is 0 Å². The van der Waals surface area contributed by atoms with Gasteiger partial charge < -0.3 is 4.90 Å². The van der Waals surface area contributed by atoms with Crippen LogP contribution in [0.25, 0.3) is 5.57 Å². The van der Waals surface area contributed by atoms with E-state index in [1.165, 1.54) is 35.6 Å². The predicted molar refractivity (Wildman–Crippen MR) is 112 cm³/mol. The zero-order chi connectivity index (χ0) is 20.0. The summed E-state index contributed by atoms with van der Waals surface area (Å²) in [6.07, 6.45) is 1.84. The molecular formula is C23H17FN2O2S. The number of aryl methyl sites for hydroxylation is 1. The summed E-state index contributed by atoms with van der Waals surface area (Å²) >= 11 is 1.43. The first-order chi connectivity index (χ1) is 14.1. The largest absolute Gasteiger partial charge is 0.336 e. The van der Waals surface area contributed by atoms with Gasteiger partial charge >= 0.3 is 0 Å². The number of thiophene rings is 1. The molecule has 0 unspecified atom stereocenters. The Balaban J connectivity index is 1.68. The molecule has 3 aromatic rings. The molecule has 0 spiro atoms. The Morgan fingerprint density at radius 1 is 0.897 bits per heavy atom. The van der Waals surface area contributed by atoms with Crippen LogP contribution in [0.15, 0.2) is 71.7 Å². The minimum atomic E-state index is -0.413. The van der Waals surface area contributed by atoms with Gasteiger partial charge in [-0.1, -0.05) is 24.3 Å². The van der Waals surface area contributed by atoms with Crippen molar-refractivity contribution in [3.63, 3.8) is 0 Å². The van der Waals surface area contributed by atoms with Crippen molar-refractivity contribution in [1.82, 2.24) is 0 Å². The fraction of sp³-hybridized carbons (Fsp3) is 0.130. The molecule has 4 nitrogen and oxygen atoms in total. The highest BCUT2D eigenvalue weighted by Crippen LogP contribution is 2.40. The number of imide groups is 1. The summed E-state index contributed by atoms with van der Waals surface area (Å²) < 4.78 is 13.4. The summed E-state index contributed by atoms with van der Waals surface area (Å²) in [6.45, 7) is 0.664. The Hall–Kier alpha value is -3.25. The number of fused-ring (bicyclic) bond motifs is 1. The van der Waals surface area contributed by atoms with Crippen LogP contribution >= 0.6 is 11.3 Å². The average molecular weight is 404 g/mol. The van der Waals surface area contributed by atoms with Gasteiger partial charge in [-0.2, -0.15) is 0 Å². The summed E-state index contributed by atoms with van der Waals surface area (Å²) in [7, 11) is 0. The van der Waals surface area contributed by atoms with Crippen molar-refractivity contribution in [2.75, 3.05) is 16.3 Å². The van der Waals surface area contributed by atoms with Gasteiger partial charge in [0.1, 0.15) is 11.5 Å². The molecule has 0 fully saturated rings. The van der Waals surface area contributed by atoms with Crippen molar-refractivity contribution >= 4 is 40.1 Å². The van der Waals surface area contributed by atoms with E-state index in [2.05, 4.69) is 6.07 Å².